The number of fused-ring (bicyclic) bond motifs is 1. The zero-order valence-corrected chi connectivity index (χ0v) is 17.1. The van der Waals surface area contributed by atoms with Crippen LogP contribution < -0.4 is 4.90 Å². The number of hydrogen-bond donors (Lipinski definition) is 1. The minimum Gasteiger partial charge on any atom is -0.480 e. The van der Waals surface area contributed by atoms with Crippen molar-refractivity contribution < 1.29 is 19.1 Å². The molecule has 7 heteroatoms. The number of benzene rings is 2. The molecule has 0 fully saturated rings. The van der Waals surface area contributed by atoms with Gasteiger partial charge in [-0.1, -0.05) is 31.5 Å². The number of aliphatic carboxylic acids is 1. The second-order valence-corrected chi connectivity index (χ2v) is 7.08. The summed E-state index contributed by atoms with van der Waals surface area (Å²) in [6.45, 7) is 2.15. The molecule has 0 aliphatic rings. The third kappa shape index (κ3) is 4.98. The van der Waals surface area contributed by atoms with Crippen LogP contribution in [0.5, 0.6) is 0 Å². The van der Waals surface area contributed by atoms with Crippen LogP contribution in [-0.2, 0) is 16.1 Å². The highest BCUT2D eigenvalue weighted by atomic mass is 19.1. The number of amides is 1. The monoisotopic (exact) mass is 419 g/mol. The van der Waals surface area contributed by atoms with E-state index in [0.29, 0.717) is 28.7 Å². The number of para-hydroxylation sites is 1. The van der Waals surface area contributed by atoms with Crippen molar-refractivity contribution in [2.24, 2.45) is 0 Å². The second-order valence-electron chi connectivity index (χ2n) is 7.08. The molecule has 1 N–H and O–H groups in total. The number of carbonyl (C=O) groups is 2. The van der Waals surface area contributed by atoms with E-state index in [1.807, 2.05) is 31.2 Å². The van der Waals surface area contributed by atoms with Crippen molar-refractivity contribution in [3.05, 3.63) is 71.7 Å². The summed E-state index contributed by atoms with van der Waals surface area (Å²) < 4.78 is 15.3. The van der Waals surface area contributed by atoms with Gasteiger partial charge in [-0.3, -0.25) is 9.59 Å². The van der Waals surface area contributed by atoms with Gasteiger partial charge in [-0.25, -0.2) is 4.39 Å². The maximum absolute atomic E-state index is 13.9. The second kappa shape index (κ2) is 9.72. The molecule has 0 saturated heterocycles. The van der Waals surface area contributed by atoms with Crippen molar-refractivity contribution in [3.8, 4) is 6.07 Å². The number of rotatable bonds is 8. The number of halogens is 1. The summed E-state index contributed by atoms with van der Waals surface area (Å²) in [5.41, 5.74) is 1.48. The van der Waals surface area contributed by atoms with E-state index >= 15 is 0 Å². The number of aromatic nitrogens is 1. The van der Waals surface area contributed by atoms with Crippen molar-refractivity contribution in [1.29, 1.82) is 5.26 Å². The van der Waals surface area contributed by atoms with Gasteiger partial charge in [-0.15, -0.1) is 0 Å². The molecule has 0 radical (unpaired) electrons. The Morgan fingerprint density at radius 2 is 1.97 bits per heavy atom. The van der Waals surface area contributed by atoms with E-state index in [-0.39, 0.29) is 12.1 Å². The Hall–Kier alpha value is -3.92. The van der Waals surface area contributed by atoms with Gasteiger partial charge < -0.3 is 14.6 Å². The van der Waals surface area contributed by atoms with Crippen LogP contribution in [0.3, 0.4) is 0 Å². The number of unbranched alkanes of at least 4 members (excludes halogenated alkanes) is 1. The van der Waals surface area contributed by atoms with E-state index < -0.39 is 17.7 Å². The Morgan fingerprint density at radius 1 is 1.23 bits per heavy atom. The molecule has 0 unspecified atom stereocenters. The minimum atomic E-state index is -1.05. The van der Waals surface area contributed by atoms with Crippen LogP contribution in [0.1, 0.15) is 25.3 Å². The van der Waals surface area contributed by atoms with Crippen molar-refractivity contribution in [1.82, 2.24) is 4.57 Å². The van der Waals surface area contributed by atoms with E-state index in [1.165, 1.54) is 35.0 Å². The molecule has 31 heavy (non-hydrogen) atoms. The Morgan fingerprint density at radius 3 is 2.61 bits per heavy atom. The first-order valence-electron chi connectivity index (χ1n) is 9.93. The summed E-state index contributed by atoms with van der Waals surface area (Å²) in [5.74, 6) is -2.00. The Labute approximate surface area is 179 Å². The predicted molar refractivity (Wildman–Crippen MR) is 117 cm³/mol. The molecule has 0 aliphatic carbocycles. The lowest BCUT2D eigenvalue weighted by Crippen LogP contribution is -2.32. The fourth-order valence-electron chi connectivity index (χ4n) is 3.40. The highest BCUT2D eigenvalue weighted by molar-refractivity contribution is 6.12. The van der Waals surface area contributed by atoms with Crippen LogP contribution in [-0.4, -0.2) is 28.1 Å². The molecule has 0 aliphatic heterocycles. The first-order chi connectivity index (χ1) is 14.9. The molecule has 0 atom stereocenters. The molecule has 3 aromatic rings. The quantitative estimate of drug-likeness (QED) is 0.427. The van der Waals surface area contributed by atoms with Crippen molar-refractivity contribution in [3.63, 3.8) is 0 Å². The highest BCUT2D eigenvalue weighted by Gasteiger charge is 2.21. The number of carboxylic acid groups (broad SMARTS) is 1. The van der Waals surface area contributed by atoms with Gasteiger partial charge >= 0.3 is 5.97 Å². The zero-order chi connectivity index (χ0) is 22.4. The molecule has 158 valence electrons. The Bertz CT molecular complexity index is 1180. The number of carboxylic acids is 1. The largest absolute Gasteiger partial charge is 0.480 e. The fourth-order valence-corrected chi connectivity index (χ4v) is 3.40. The summed E-state index contributed by atoms with van der Waals surface area (Å²) in [5, 5.41) is 19.3. The maximum atomic E-state index is 13.9. The SMILES string of the molecule is CCCCN(C(=O)C(C#N)=Cc1cn(CC(=O)O)c2ccc(F)cc12)c1ccccc1. The van der Waals surface area contributed by atoms with Gasteiger partial charge in [0.2, 0.25) is 0 Å². The van der Waals surface area contributed by atoms with Gasteiger partial charge in [0.25, 0.3) is 5.91 Å². The lowest BCUT2D eigenvalue weighted by atomic mass is 10.1. The number of nitrogens with zero attached hydrogens (tertiary/aromatic N) is 3. The van der Waals surface area contributed by atoms with Crippen molar-refractivity contribution in [2.45, 2.75) is 26.3 Å². The van der Waals surface area contributed by atoms with Gasteiger partial charge in [0.15, 0.2) is 0 Å². The van der Waals surface area contributed by atoms with E-state index in [9.17, 15) is 19.2 Å². The zero-order valence-electron chi connectivity index (χ0n) is 17.1. The summed E-state index contributed by atoms with van der Waals surface area (Å²) in [4.78, 5) is 26.0. The van der Waals surface area contributed by atoms with Crippen LogP contribution in [0.25, 0.3) is 17.0 Å². The van der Waals surface area contributed by atoms with Crippen LogP contribution in [0, 0.1) is 17.1 Å². The molecule has 3 rings (SSSR count). The summed E-state index contributed by atoms with van der Waals surface area (Å²) in [6.07, 6.45) is 4.55. The molecular weight excluding hydrogens is 397 g/mol. The molecule has 0 spiro atoms. The molecule has 2 aromatic carbocycles. The van der Waals surface area contributed by atoms with E-state index in [4.69, 9.17) is 5.11 Å². The molecule has 1 heterocycles. The van der Waals surface area contributed by atoms with Gasteiger partial charge in [-0.2, -0.15) is 5.26 Å². The fraction of sp³-hybridized carbons (Fsp3) is 0.208. The van der Waals surface area contributed by atoms with Crippen molar-refractivity contribution in [2.75, 3.05) is 11.4 Å². The molecular formula is C24H22FN3O3. The third-order valence-electron chi connectivity index (χ3n) is 4.88. The van der Waals surface area contributed by atoms with E-state index in [2.05, 4.69) is 0 Å². The van der Waals surface area contributed by atoms with Crippen LogP contribution in [0.4, 0.5) is 10.1 Å². The van der Waals surface area contributed by atoms with E-state index in [1.54, 1.807) is 17.0 Å². The first kappa shape index (κ1) is 21.8. The Kier molecular flexibility index (Phi) is 6.83. The average molecular weight is 419 g/mol. The van der Waals surface area contributed by atoms with E-state index in [0.717, 1.165) is 12.8 Å². The molecule has 6 nitrogen and oxygen atoms in total. The molecule has 1 amide bonds. The lowest BCUT2D eigenvalue weighted by Gasteiger charge is -2.22. The van der Waals surface area contributed by atoms with Gasteiger partial charge in [0.05, 0.1) is 0 Å². The normalized spacial score (nSPS) is 11.3. The van der Waals surface area contributed by atoms with Gasteiger partial charge in [0, 0.05) is 34.9 Å². The molecule has 0 bridgehead atoms. The van der Waals surface area contributed by atoms with Crippen molar-refractivity contribution >= 4 is 34.5 Å². The number of nitriles is 1. The Balaban J connectivity index is 2.06. The summed E-state index contributed by atoms with van der Waals surface area (Å²) in [6, 6.07) is 15.0. The first-order valence-corrected chi connectivity index (χ1v) is 9.93. The van der Waals surface area contributed by atoms with Crippen LogP contribution in [0.2, 0.25) is 0 Å². The third-order valence-corrected chi connectivity index (χ3v) is 4.88. The number of anilines is 1. The molecule has 0 saturated carbocycles. The summed E-state index contributed by atoms with van der Waals surface area (Å²) in [7, 11) is 0. The predicted octanol–water partition coefficient (Wildman–Crippen LogP) is 4.61. The maximum Gasteiger partial charge on any atom is 0.323 e. The average Bonchev–Trinajstić information content (AvgIpc) is 3.08. The van der Waals surface area contributed by atoms with Crippen LogP contribution in [0.15, 0.2) is 60.3 Å². The molecule has 1 aromatic heterocycles. The standard InChI is InChI=1S/C24H22FN3O3/c1-2-3-11-28(20-7-5-4-6-8-20)24(31)17(14-26)12-18-15-27(16-23(29)30)22-10-9-19(25)13-21(18)22/h4-10,12-13,15H,2-3,11,16H2,1H3,(H,29,30). The highest BCUT2D eigenvalue weighted by Crippen LogP contribution is 2.26. The van der Waals surface area contributed by atoms with Gasteiger partial charge in [0.1, 0.15) is 24.0 Å². The minimum absolute atomic E-state index is 0.112. The number of hydrogen-bond acceptors (Lipinski definition) is 3. The topological polar surface area (TPSA) is 86.3 Å². The number of carbonyl (C=O) groups excluding carboxylic acids is 1. The smallest absolute Gasteiger partial charge is 0.323 e. The van der Waals surface area contributed by atoms with Crippen LogP contribution >= 0.6 is 0 Å². The summed E-state index contributed by atoms with van der Waals surface area (Å²) >= 11 is 0. The lowest BCUT2D eigenvalue weighted by molar-refractivity contribution is -0.137. The van der Waals surface area contributed by atoms with Gasteiger partial charge in [-0.05, 0) is 42.8 Å².